The van der Waals surface area contributed by atoms with Gasteiger partial charge in [0, 0.05) is 0 Å². The van der Waals surface area contributed by atoms with Crippen LogP contribution >= 0.6 is 0 Å². The van der Waals surface area contributed by atoms with E-state index in [1.165, 1.54) is 0 Å². The van der Waals surface area contributed by atoms with E-state index in [1.54, 1.807) is 76.2 Å². The summed E-state index contributed by atoms with van der Waals surface area (Å²) in [4.78, 5) is 25.4. The molecule has 0 amide bonds. The van der Waals surface area contributed by atoms with Gasteiger partial charge in [-0.25, -0.2) is 9.59 Å². The van der Waals surface area contributed by atoms with Crippen LogP contribution in [0.2, 0.25) is 0 Å². The smallest absolute Gasteiger partial charge is 0.338 e. The molecule has 0 aliphatic carbocycles. The third-order valence-electron chi connectivity index (χ3n) is 5.58. The van der Waals surface area contributed by atoms with E-state index in [1.807, 2.05) is 12.1 Å². The van der Waals surface area contributed by atoms with Crippen LogP contribution in [0.25, 0.3) is 0 Å². The highest BCUT2D eigenvalue weighted by Gasteiger charge is 2.52. The second-order valence-corrected chi connectivity index (χ2v) is 9.21. The van der Waals surface area contributed by atoms with Gasteiger partial charge in [-0.15, -0.1) is 0 Å². The van der Waals surface area contributed by atoms with E-state index in [4.69, 9.17) is 28.4 Å². The summed E-state index contributed by atoms with van der Waals surface area (Å²) < 4.78 is 35.4. The molecule has 0 bridgehead atoms. The molecule has 34 heavy (non-hydrogen) atoms. The molecule has 4 atom stereocenters. The van der Waals surface area contributed by atoms with Crippen LogP contribution < -0.4 is 0 Å². The Morgan fingerprint density at radius 1 is 0.853 bits per heavy atom. The van der Waals surface area contributed by atoms with Gasteiger partial charge in [0.05, 0.1) is 17.7 Å². The molecule has 0 spiro atoms. The van der Waals surface area contributed by atoms with E-state index in [0.29, 0.717) is 11.1 Å². The minimum atomic E-state index is -0.985. The maximum Gasteiger partial charge on any atom is 0.338 e. The van der Waals surface area contributed by atoms with Crippen LogP contribution in [0.15, 0.2) is 60.7 Å². The van der Waals surface area contributed by atoms with Gasteiger partial charge in [0.15, 0.2) is 17.7 Å². The molecule has 0 N–H and O–H groups in total. The summed E-state index contributed by atoms with van der Waals surface area (Å²) in [5.41, 5.74) is 0.828. The van der Waals surface area contributed by atoms with Gasteiger partial charge in [0.2, 0.25) is 0 Å². The lowest BCUT2D eigenvalue weighted by atomic mass is 10.0. The maximum absolute atomic E-state index is 12.9. The van der Waals surface area contributed by atoms with E-state index in [0.717, 1.165) is 0 Å². The first-order chi connectivity index (χ1) is 16.1. The summed E-state index contributed by atoms with van der Waals surface area (Å²) >= 11 is 0. The Bertz CT molecular complexity index is 988. The Morgan fingerprint density at radius 2 is 1.44 bits per heavy atom. The van der Waals surface area contributed by atoms with Gasteiger partial charge in [-0.1, -0.05) is 36.4 Å². The topological polar surface area (TPSA) is 89.5 Å². The molecule has 8 heteroatoms. The van der Waals surface area contributed by atoms with E-state index in [9.17, 15) is 9.59 Å². The molecule has 2 fully saturated rings. The molecule has 2 aliphatic heterocycles. The van der Waals surface area contributed by atoms with Gasteiger partial charge in [-0.2, -0.15) is 0 Å². The fraction of sp³-hybridized carbons (Fsp3) is 0.462. The number of esters is 2. The lowest BCUT2D eigenvalue weighted by Crippen LogP contribution is -2.49. The lowest BCUT2D eigenvalue weighted by molar-refractivity contribution is -0.179. The summed E-state index contributed by atoms with van der Waals surface area (Å²) in [6.07, 6.45) is -2.91. The van der Waals surface area contributed by atoms with Gasteiger partial charge in [-0.05, 0) is 52.0 Å². The molecule has 4 rings (SSSR count). The monoisotopic (exact) mass is 470 g/mol. The van der Waals surface area contributed by atoms with Crippen LogP contribution in [0.4, 0.5) is 0 Å². The van der Waals surface area contributed by atoms with E-state index >= 15 is 0 Å². The fourth-order valence-electron chi connectivity index (χ4n) is 4.08. The second kappa shape index (κ2) is 9.84. The summed E-state index contributed by atoms with van der Waals surface area (Å²) in [5.74, 6) is -2.83. The van der Waals surface area contributed by atoms with Gasteiger partial charge in [0.25, 0.3) is 0 Å². The SMILES string of the molecule is CC1(C)OC[C@H]([C@@H](OC(=O)c2ccccc2)[C@@H]2OC(C)(C)O[C@@H]2COC(=O)c2ccccc2)O1. The van der Waals surface area contributed by atoms with Crippen molar-refractivity contribution in [1.82, 2.24) is 0 Å². The highest BCUT2D eigenvalue weighted by molar-refractivity contribution is 5.89. The van der Waals surface area contributed by atoms with Gasteiger partial charge >= 0.3 is 11.9 Å². The zero-order valence-corrected chi connectivity index (χ0v) is 19.8. The van der Waals surface area contributed by atoms with Gasteiger partial charge in [0.1, 0.15) is 24.9 Å². The molecule has 2 aromatic carbocycles. The number of rotatable bonds is 7. The molecule has 2 heterocycles. The van der Waals surface area contributed by atoms with Crippen LogP contribution in [-0.4, -0.2) is 61.1 Å². The number of carbonyl (C=O) groups excluding carboxylic acids is 2. The zero-order chi connectivity index (χ0) is 24.3. The van der Waals surface area contributed by atoms with Crippen LogP contribution in [0.1, 0.15) is 48.4 Å². The second-order valence-electron chi connectivity index (χ2n) is 9.21. The first-order valence-electron chi connectivity index (χ1n) is 11.3. The molecule has 0 saturated carbocycles. The zero-order valence-electron chi connectivity index (χ0n) is 19.8. The summed E-state index contributed by atoms with van der Waals surface area (Å²) in [7, 11) is 0. The van der Waals surface area contributed by atoms with Crippen molar-refractivity contribution < 1.29 is 38.0 Å². The van der Waals surface area contributed by atoms with Crippen molar-refractivity contribution in [2.75, 3.05) is 13.2 Å². The number of hydrogen-bond acceptors (Lipinski definition) is 8. The Labute approximate surface area is 199 Å². The fourth-order valence-corrected chi connectivity index (χ4v) is 4.08. The molecule has 0 radical (unpaired) electrons. The third kappa shape index (κ3) is 5.82. The van der Waals surface area contributed by atoms with Crippen LogP contribution in [0.5, 0.6) is 0 Å². The van der Waals surface area contributed by atoms with Crippen molar-refractivity contribution in [3.63, 3.8) is 0 Å². The minimum Gasteiger partial charge on any atom is -0.459 e. The molecule has 182 valence electrons. The van der Waals surface area contributed by atoms with Crippen molar-refractivity contribution in [3.05, 3.63) is 71.8 Å². The average molecular weight is 471 g/mol. The normalized spacial score (nSPS) is 26.1. The quantitative estimate of drug-likeness (QED) is 0.566. The molecule has 8 nitrogen and oxygen atoms in total. The molecule has 2 saturated heterocycles. The van der Waals surface area contributed by atoms with Crippen molar-refractivity contribution in [2.24, 2.45) is 0 Å². The first-order valence-corrected chi connectivity index (χ1v) is 11.3. The van der Waals surface area contributed by atoms with E-state index in [-0.39, 0.29) is 13.2 Å². The summed E-state index contributed by atoms with van der Waals surface area (Å²) in [6, 6.07) is 17.4. The van der Waals surface area contributed by atoms with Crippen molar-refractivity contribution >= 4 is 11.9 Å². The predicted molar refractivity (Wildman–Crippen MR) is 121 cm³/mol. The third-order valence-corrected chi connectivity index (χ3v) is 5.58. The van der Waals surface area contributed by atoms with Gasteiger partial charge in [-0.3, -0.25) is 0 Å². The van der Waals surface area contributed by atoms with E-state index < -0.39 is 47.9 Å². The first kappa shape index (κ1) is 24.3. The number of ether oxygens (including phenoxy) is 6. The Balaban J connectivity index is 1.54. The minimum absolute atomic E-state index is 0.0851. The molecular formula is C26H30O8. The molecule has 2 aliphatic rings. The Hall–Kier alpha value is -2.78. The van der Waals surface area contributed by atoms with Crippen LogP contribution in [-0.2, 0) is 28.4 Å². The van der Waals surface area contributed by atoms with Crippen molar-refractivity contribution in [1.29, 1.82) is 0 Å². The Kier molecular flexibility index (Phi) is 7.04. The standard InChI is InChI=1S/C26H30O8/c1-25(2)30-16-20(32-25)21(31-24(28)18-13-9-6-10-14-18)22-19(33-26(3,4)34-22)15-29-23(27)17-11-7-5-8-12-17/h5-14,19-22H,15-16H2,1-4H3/t19-,20-,21-,22-/m1/s1. The highest BCUT2D eigenvalue weighted by atomic mass is 16.8. The number of benzene rings is 2. The van der Waals surface area contributed by atoms with Crippen molar-refractivity contribution in [2.45, 2.75) is 63.7 Å². The predicted octanol–water partition coefficient (Wildman–Crippen LogP) is 3.74. The largest absolute Gasteiger partial charge is 0.459 e. The number of carbonyl (C=O) groups is 2. The van der Waals surface area contributed by atoms with Gasteiger partial charge < -0.3 is 28.4 Å². The van der Waals surface area contributed by atoms with Crippen molar-refractivity contribution in [3.8, 4) is 0 Å². The molecule has 0 unspecified atom stereocenters. The lowest BCUT2D eigenvalue weighted by Gasteiger charge is -2.30. The Morgan fingerprint density at radius 3 is 2.00 bits per heavy atom. The molecular weight excluding hydrogens is 440 g/mol. The van der Waals surface area contributed by atoms with Crippen LogP contribution in [0.3, 0.4) is 0 Å². The maximum atomic E-state index is 12.9. The van der Waals surface area contributed by atoms with Crippen LogP contribution in [0, 0.1) is 0 Å². The number of hydrogen-bond donors (Lipinski definition) is 0. The average Bonchev–Trinajstić information content (AvgIpc) is 3.34. The summed E-state index contributed by atoms with van der Waals surface area (Å²) in [6.45, 7) is 7.21. The molecule has 2 aromatic rings. The summed E-state index contributed by atoms with van der Waals surface area (Å²) in [5, 5.41) is 0. The van der Waals surface area contributed by atoms with E-state index in [2.05, 4.69) is 0 Å². The highest BCUT2D eigenvalue weighted by Crippen LogP contribution is 2.36. The molecule has 0 aromatic heterocycles.